The van der Waals surface area contributed by atoms with Crippen molar-refractivity contribution in [2.45, 2.75) is 85.2 Å². The van der Waals surface area contributed by atoms with Crippen molar-refractivity contribution in [1.29, 1.82) is 10.5 Å². The smallest absolute Gasteiger partial charge is 0.306 e. The van der Waals surface area contributed by atoms with E-state index in [0.29, 0.717) is 41.2 Å². The molecule has 5 unspecified atom stereocenters. The van der Waals surface area contributed by atoms with Crippen molar-refractivity contribution in [2.75, 3.05) is 26.3 Å². The molecule has 15 nitrogen and oxygen atoms in total. The molecule has 4 rings (SSSR count). The van der Waals surface area contributed by atoms with Gasteiger partial charge in [0.2, 0.25) is 11.8 Å². The molecule has 0 saturated carbocycles. The molecule has 2 aromatic rings. The Bertz CT molecular complexity index is 2340. The monoisotopic (exact) mass is 788 g/mol. The maximum absolute atomic E-state index is 13.9. The Balaban J connectivity index is 1.50. The van der Waals surface area contributed by atoms with Gasteiger partial charge in [-0.3, -0.25) is 24.3 Å². The topological polar surface area (TPSA) is 203 Å². The van der Waals surface area contributed by atoms with E-state index in [9.17, 15) is 34.8 Å². The summed E-state index contributed by atoms with van der Waals surface area (Å²) in [5.74, 6) is -3.74. The molecular weight excluding hydrogens is 741 g/mol. The largest absolute Gasteiger partial charge is 0.874 e. The first kappa shape index (κ1) is 44.0. The molecular formula is C43H48N8O7. The van der Waals surface area contributed by atoms with Crippen molar-refractivity contribution in [1.82, 2.24) is 15.1 Å². The SMILES string of the molecule is [C-]#[N+]/C(C#N)=c1/cc/c(=C(\C#N)[N+]#[C-])c(CCC(=O)OCC[NH+](CC)C2C=CC(C3C(=O)C(c4c(OCC)[nH]n(C(CC)CCCC)c4=O)=C3[O-])C(NC(C)=O)=C2)c1. The number of H-pyrrole nitrogens is 1. The minimum Gasteiger partial charge on any atom is -0.874 e. The third kappa shape index (κ3) is 9.64. The van der Waals surface area contributed by atoms with E-state index in [0.717, 1.165) is 24.2 Å². The Kier molecular flexibility index (Phi) is 15.5. The van der Waals surface area contributed by atoms with Crippen LogP contribution < -0.4 is 36.1 Å². The predicted molar refractivity (Wildman–Crippen MR) is 211 cm³/mol. The van der Waals surface area contributed by atoms with Gasteiger partial charge in [-0.25, -0.2) is 24.9 Å². The zero-order valence-electron chi connectivity index (χ0n) is 33.4. The van der Waals surface area contributed by atoms with Crippen molar-refractivity contribution >= 4 is 34.6 Å². The number of nitrogens with zero attached hydrogens (tertiary/aromatic N) is 5. The third-order valence-electron chi connectivity index (χ3n) is 10.4. The van der Waals surface area contributed by atoms with Crippen molar-refractivity contribution in [3.8, 4) is 18.0 Å². The Morgan fingerprint density at radius 2 is 1.83 bits per heavy atom. The van der Waals surface area contributed by atoms with Crippen molar-refractivity contribution in [2.24, 2.45) is 11.8 Å². The van der Waals surface area contributed by atoms with Crippen LogP contribution in [0.3, 0.4) is 0 Å². The molecule has 58 heavy (non-hydrogen) atoms. The molecule has 0 radical (unpaired) electrons. The summed E-state index contributed by atoms with van der Waals surface area (Å²) in [6, 6.07) is 7.71. The quantitative estimate of drug-likeness (QED) is 0.114. The van der Waals surface area contributed by atoms with E-state index in [1.54, 1.807) is 19.1 Å². The molecule has 1 amide bonds. The maximum Gasteiger partial charge on any atom is 0.306 e. The number of amides is 1. The number of nitrogens with one attached hydrogen (secondary N) is 3. The summed E-state index contributed by atoms with van der Waals surface area (Å²) >= 11 is 0. The van der Waals surface area contributed by atoms with Crippen LogP contribution >= 0.6 is 0 Å². The molecule has 302 valence electrons. The molecule has 0 spiro atoms. The van der Waals surface area contributed by atoms with E-state index in [4.69, 9.17) is 22.6 Å². The number of aromatic amines is 1. The zero-order valence-corrected chi connectivity index (χ0v) is 33.4. The second-order valence-electron chi connectivity index (χ2n) is 13.9. The fourth-order valence-electron chi connectivity index (χ4n) is 7.40. The first-order valence-corrected chi connectivity index (χ1v) is 19.5. The highest BCUT2D eigenvalue weighted by atomic mass is 16.5. The average Bonchev–Trinajstić information content (AvgIpc) is 3.51. The predicted octanol–water partition coefficient (Wildman–Crippen LogP) is 1.74. The highest BCUT2D eigenvalue weighted by molar-refractivity contribution is 6.30. The number of unbranched alkanes of at least 4 members (excludes halogenated alkanes) is 1. The lowest BCUT2D eigenvalue weighted by molar-refractivity contribution is -0.910. The first-order chi connectivity index (χ1) is 27.9. The number of aryl methyl sites for hydroxylation is 1. The number of allylic oxidation sites excluding steroid dienone is 3. The standard InChI is InChI=1S/C43H48N8O7/c1-8-12-13-29(9-2)51-43(56)39(42(49-51)57-11-4)38-40(54)37(41(38)55)32-18-16-30(23-33(32)48-26(5)52)50(10-3)20-21-58-36(53)19-15-27-22-28(34(24-44)46-6)14-17-31(27)35(25-45)47-7/h14,16-18,22-23,29-30,32,37,49,54H,8-13,15,19-21H2,1-5H3,(H,48,52)/b34-28-,35-31-. The highest BCUT2D eigenvalue weighted by Crippen LogP contribution is 2.44. The number of hydrogen-bond acceptors (Lipinski definition) is 9. The van der Waals surface area contributed by atoms with Gasteiger partial charge < -0.3 is 24.8 Å². The molecule has 5 atom stereocenters. The Morgan fingerprint density at radius 1 is 1.10 bits per heavy atom. The number of ether oxygens (including phenoxy) is 2. The van der Waals surface area contributed by atoms with Gasteiger partial charge in [-0.15, -0.1) is 5.76 Å². The molecule has 2 aliphatic carbocycles. The number of rotatable bonds is 18. The Labute approximate surface area is 337 Å². The molecule has 2 aliphatic rings. The summed E-state index contributed by atoms with van der Waals surface area (Å²) in [7, 11) is 0. The summed E-state index contributed by atoms with van der Waals surface area (Å²) in [6.07, 6.45) is 8.67. The Morgan fingerprint density at radius 3 is 2.41 bits per heavy atom. The van der Waals surface area contributed by atoms with Gasteiger partial charge in [0.25, 0.3) is 17.0 Å². The van der Waals surface area contributed by atoms with Gasteiger partial charge in [-0.1, -0.05) is 56.5 Å². The van der Waals surface area contributed by atoms with Crippen molar-refractivity contribution in [3.05, 3.63) is 103 Å². The van der Waals surface area contributed by atoms with Gasteiger partial charge in [-0.2, -0.15) is 0 Å². The van der Waals surface area contributed by atoms with Crippen LogP contribution in [-0.2, 0) is 25.5 Å². The van der Waals surface area contributed by atoms with Crippen LogP contribution in [0.25, 0.3) is 26.7 Å². The number of nitriles is 2. The molecule has 3 N–H and O–H groups in total. The molecule has 0 bridgehead atoms. The van der Waals surface area contributed by atoms with Crippen LogP contribution in [-0.4, -0.2) is 59.8 Å². The number of benzene rings is 1. The third-order valence-corrected chi connectivity index (χ3v) is 10.4. The number of esters is 1. The number of carbonyl (C=O) groups excluding carboxylic acids is 3. The summed E-state index contributed by atoms with van der Waals surface area (Å²) in [5.41, 5.74) is -0.233. The summed E-state index contributed by atoms with van der Waals surface area (Å²) in [5, 5.41) is 39.1. The molecule has 15 heteroatoms. The number of quaternary nitrogens is 1. The number of Topliss-reactive ketones (excluding diaryl/α,β-unsaturated/α-hetero) is 1. The van der Waals surface area contributed by atoms with Crippen LogP contribution in [0.2, 0.25) is 0 Å². The van der Waals surface area contributed by atoms with E-state index in [2.05, 4.69) is 27.0 Å². The van der Waals surface area contributed by atoms with Gasteiger partial charge in [-0.05, 0) is 55.7 Å². The summed E-state index contributed by atoms with van der Waals surface area (Å²) in [4.78, 5) is 60.2. The highest BCUT2D eigenvalue weighted by Gasteiger charge is 2.44. The van der Waals surface area contributed by atoms with E-state index < -0.39 is 34.9 Å². The number of ketones is 1. The fraction of sp³-hybridized carbons (Fsp3) is 0.442. The van der Waals surface area contributed by atoms with E-state index in [-0.39, 0.29) is 72.5 Å². The number of carbonyl (C=O) groups is 3. The van der Waals surface area contributed by atoms with Crippen LogP contribution in [0, 0.1) is 47.6 Å². The second-order valence-corrected chi connectivity index (χ2v) is 13.9. The van der Waals surface area contributed by atoms with Gasteiger partial charge in [0, 0.05) is 36.5 Å². The zero-order chi connectivity index (χ0) is 42.5. The fourth-order valence-corrected chi connectivity index (χ4v) is 7.40. The van der Waals surface area contributed by atoms with Crippen LogP contribution in [0.15, 0.2) is 52.7 Å². The Hall–Kier alpha value is -6.68. The average molecular weight is 789 g/mol. The molecule has 0 aliphatic heterocycles. The van der Waals surface area contributed by atoms with Crippen molar-refractivity contribution in [3.63, 3.8) is 0 Å². The maximum atomic E-state index is 13.9. The van der Waals surface area contributed by atoms with Crippen LogP contribution in [0.1, 0.15) is 83.9 Å². The van der Waals surface area contributed by atoms with E-state index in [1.165, 1.54) is 29.8 Å². The normalized spacial score (nSPS) is 19.2. The van der Waals surface area contributed by atoms with E-state index in [1.807, 2.05) is 32.1 Å². The van der Waals surface area contributed by atoms with Crippen molar-refractivity contribution < 1.29 is 33.9 Å². The summed E-state index contributed by atoms with van der Waals surface area (Å²) < 4.78 is 12.7. The van der Waals surface area contributed by atoms with Crippen LogP contribution in [0.5, 0.6) is 5.88 Å². The lowest BCUT2D eigenvalue weighted by atomic mass is 9.70. The van der Waals surface area contributed by atoms with Gasteiger partial charge >= 0.3 is 5.97 Å². The number of aromatic nitrogens is 2. The lowest BCUT2D eigenvalue weighted by Gasteiger charge is -2.42. The molecule has 0 fully saturated rings. The van der Waals surface area contributed by atoms with Gasteiger partial charge in [0.1, 0.15) is 24.8 Å². The van der Waals surface area contributed by atoms with E-state index >= 15 is 0 Å². The minimum absolute atomic E-state index is 0.0410. The lowest BCUT2D eigenvalue weighted by Crippen LogP contribution is -3.15. The second kappa shape index (κ2) is 20.5. The van der Waals surface area contributed by atoms with Crippen LogP contribution in [0.4, 0.5) is 0 Å². The summed E-state index contributed by atoms with van der Waals surface area (Å²) in [6.45, 7) is 24.9. The number of hydrogen-bond donors (Lipinski definition) is 3. The molecule has 1 heterocycles. The first-order valence-electron chi connectivity index (χ1n) is 19.5. The minimum atomic E-state index is -1.14. The number of likely N-dealkylation sites (N-methyl/N-ethyl adjacent to an activating group) is 1. The molecule has 1 aromatic carbocycles. The van der Waals surface area contributed by atoms with Gasteiger partial charge in [0.15, 0.2) is 5.78 Å². The molecule has 0 saturated heterocycles. The van der Waals surface area contributed by atoms with Gasteiger partial charge in [0.05, 0.1) is 44.5 Å². The molecule has 1 aromatic heterocycles.